The molecule has 1 fully saturated rings. The summed E-state index contributed by atoms with van der Waals surface area (Å²) in [6.45, 7) is 1.77. The molecule has 0 saturated heterocycles. The number of nitrogens with two attached hydrogens (primary N) is 1. The largest absolute Gasteiger partial charge is 0.324 e. The average molecular weight is 250 g/mol. The SMILES string of the molecule is Cc1cc(F)ccc1NC(=O)C1(N)CCCCC1. The Balaban J connectivity index is 2.11. The molecule has 1 amide bonds. The van der Waals surface area contributed by atoms with Crippen LogP contribution >= 0.6 is 0 Å². The molecule has 18 heavy (non-hydrogen) atoms. The molecule has 1 saturated carbocycles. The molecule has 1 aromatic carbocycles. The first-order valence-electron chi connectivity index (χ1n) is 6.38. The highest BCUT2D eigenvalue weighted by molar-refractivity contribution is 5.98. The van der Waals surface area contributed by atoms with Crippen LogP contribution < -0.4 is 11.1 Å². The number of hydrogen-bond donors (Lipinski definition) is 2. The summed E-state index contributed by atoms with van der Waals surface area (Å²) < 4.78 is 13.0. The molecule has 98 valence electrons. The van der Waals surface area contributed by atoms with Crippen LogP contribution in [0.2, 0.25) is 0 Å². The second-order valence-electron chi connectivity index (χ2n) is 5.13. The second-order valence-corrected chi connectivity index (χ2v) is 5.13. The molecule has 0 bridgehead atoms. The predicted octanol–water partition coefficient (Wildman–Crippen LogP) is 2.73. The molecule has 0 spiro atoms. The number of anilines is 1. The minimum Gasteiger partial charge on any atom is -0.324 e. The molecule has 0 aromatic heterocycles. The van der Waals surface area contributed by atoms with Crippen molar-refractivity contribution in [3.8, 4) is 0 Å². The van der Waals surface area contributed by atoms with Gasteiger partial charge in [-0.05, 0) is 43.5 Å². The number of benzene rings is 1. The zero-order chi connectivity index (χ0) is 13.2. The van der Waals surface area contributed by atoms with Crippen LogP contribution in [0.15, 0.2) is 18.2 Å². The minimum atomic E-state index is -0.765. The fourth-order valence-electron chi connectivity index (χ4n) is 2.42. The summed E-state index contributed by atoms with van der Waals surface area (Å²) in [7, 11) is 0. The Labute approximate surface area is 107 Å². The van der Waals surface area contributed by atoms with E-state index < -0.39 is 5.54 Å². The van der Waals surface area contributed by atoms with Crippen LogP contribution in [0.5, 0.6) is 0 Å². The monoisotopic (exact) mass is 250 g/mol. The lowest BCUT2D eigenvalue weighted by Gasteiger charge is -2.32. The Morgan fingerprint density at radius 2 is 2.00 bits per heavy atom. The zero-order valence-electron chi connectivity index (χ0n) is 10.6. The summed E-state index contributed by atoms with van der Waals surface area (Å²) in [6.07, 6.45) is 4.57. The Kier molecular flexibility index (Phi) is 3.66. The number of halogens is 1. The van der Waals surface area contributed by atoms with Crippen LogP contribution in [0.4, 0.5) is 10.1 Å². The van der Waals surface area contributed by atoms with Crippen molar-refractivity contribution in [1.82, 2.24) is 0 Å². The lowest BCUT2D eigenvalue weighted by atomic mass is 9.82. The van der Waals surface area contributed by atoms with Gasteiger partial charge in [-0.25, -0.2) is 4.39 Å². The fourth-order valence-corrected chi connectivity index (χ4v) is 2.42. The number of aryl methyl sites for hydroxylation is 1. The second kappa shape index (κ2) is 5.06. The van der Waals surface area contributed by atoms with Gasteiger partial charge in [0.25, 0.3) is 0 Å². The minimum absolute atomic E-state index is 0.156. The van der Waals surface area contributed by atoms with E-state index in [1.807, 2.05) is 0 Å². The van der Waals surface area contributed by atoms with E-state index >= 15 is 0 Å². The van der Waals surface area contributed by atoms with Crippen molar-refractivity contribution in [3.63, 3.8) is 0 Å². The van der Waals surface area contributed by atoms with E-state index in [2.05, 4.69) is 5.32 Å². The molecule has 1 aromatic rings. The van der Waals surface area contributed by atoms with Gasteiger partial charge in [-0.15, -0.1) is 0 Å². The zero-order valence-corrected chi connectivity index (χ0v) is 10.6. The summed E-state index contributed by atoms with van der Waals surface area (Å²) in [5, 5.41) is 2.82. The van der Waals surface area contributed by atoms with E-state index in [1.165, 1.54) is 12.1 Å². The molecular weight excluding hydrogens is 231 g/mol. The smallest absolute Gasteiger partial charge is 0.244 e. The van der Waals surface area contributed by atoms with Gasteiger partial charge in [-0.2, -0.15) is 0 Å². The van der Waals surface area contributed by atoms with Crippen LogP contribution in [-0.2, 0) is 4.79 Å². The van der Waals surface area contributed by atoms with E-state index in [9.17, 15) is 9.18 Å². The van der Waals surface area contributed by atoms with Gasteiger partial charge in [0, 0.05) is 5.69 Å². The molecule has 0 radical (unpaired) electrons. The normalized spacial score (nSPS) is 18.4. The predicted molar refractivity (Wildman–Crippen MR) is 69.8 cm³/mol. The molecule has 1 aliphatic carbocycles. The first kappa shape index (κ1) is 13.0. The van der Waals surface area contributed by atoms with Crippen molar-refractivity contribution >= 4 is 11.6 Å². The summed E-state index contributed by atoms with van der Waals surface area (Å²) in [6, 6.07) is 4.32. The lowest BCUT2D eigenvalue weighted by molar-refractivity contribution is -0.122. The van der Waals surface area contributed by atoms with Crippen molar-refractivity contribution in [2.45, 2.75) is 44.6 Å². The number of carbonyl (C=O) groups excluding carboxylic acids is 1. The van der Waals surface area contributed by atoms with Gasteiger partial charge < -0.3 is 11.1 Å². The molecule has 0 heterocycles. The number of nitrogens with one attached hydrogen (secondary N) is 1. The number of amides is 1. The number of carbonyl (C=O) groups is 1. The molecule has 4 heteroatoms. The quantitative estimate of drug-likeness (QED) is 0.848. The number of hydrogen-bond acceptors (Lipinski definition) is 2. The molecule has 0 aliphatic heterocycles. The Hall–Kier alpha value is -1.42. The standard InChI is InChI=1S/C14H19FN2O/c1-10-9-11(15)5-6-12(10)17-13(18)14(16)7-3-2-4-8-14/h5-6,9H,2-4,7-8,16H2,1H3,(H,17,18). The topological polar surface area (TPSA) is 55.1 Å². The van der Waals surface area contributed by atoms with Crippen LogP contribution in [0.25, 0.3) is 0 Å². The molecule has 0 atom stereocenters. The fraction of sp³-hybridized carbons (Fsp3) is 0.500. The maximum atomic E-state index is 13.0. The van der Waals surface area contributed by atoms with E-state index in [4.69, 9.17) is 5.73 Å². The first-order chi connectivity index (χ1) is 8.51. The summed E-state index contributed by atoms with van der Waals surface area (Å²) >= 11 is 0. The van der Waals surface area contributed by atoms with E-state index in [0.717, 1.165) is 32.1 Å². The maximum Gasteiger partial charge on any atom is 0.244 e. The van der Waals surface area contributed by atoms with E-state index in [-0.39, 0.29) is 11.7 Å². The molecule has 1 aliphatic rings. The van der Waals surface area contributed by atoms with Gasteiger partial charge in [0.15, 0.2) is 0 Å². The van der Waals surface area contributed by atoms with Crippen LogP contribution in [0, 0.1) is 12.7 Å². The van der Waals surface area contributed by atoms with Gasteiger partial charge in [-0.3, -0.25) is 4.79 Å². The highest BCUT2D eigenvalue weighted by Gasteiger charge is 2.35. The van der Waals surface area contributed by atoms with Crippen LogP contribution in [0.1, 0.15) is 37.7 Å². The van der Waals surface area contributed by atoms with Gasteiger partial charge in [-0.1, -0.05) is 19.3 Å². The van der Waals surface area contributed by atoms with Crippen LogP contribution in [0.3, 0.4) is 0 Å². The van der Waals surface area contributed by atoms with Crippen molar-refractivity contribution in [3.05, 3.63) is 29.6 Å². The van der Waals surface area contributed by atoms with Gasteiger partial charge >= 0.3 is 0 Å². The summed E-state index contributed by atoms with van der Waals surface area (Å²) in [5.74, 6) is -0.456. The maximum absolute atomic E-state index is 13.0. The highest BCUT2D eigenvalue weighted by atomic mass is 19.1. The van der Waals surface area contributed by atoms with Gasteiger partial charge in [0.1, 0.15) is 5.82 Å². The van der Waals surface area contributed by atoms with Gasteiger partial charge in [0.2, 0.25) is 5.91 Å². The van der Waals surface area contributed by atoms with Crippen molar-refractivity contribution in [1.29, 1.82) is 0 Å². The molecule has 2 rings (SSSR count). The summed E-state index contributed by atoms with van der Waals surface area (Å²) in [4.78, 5) is 12.2. The van der Waals surface area contributed by atoms with Crippen molar-refractivity contribution < 1.29 is 9.18 Å². The third-order valence-electron chi connectivity index (χ3n) is 3.63. The molecule has 3 nitrogen and oxygen atoms in total. The number of rotatable bonds is 2. The average Bonchev–Trinajstić information content (AvgIpc) is 2.33. The molecule has 3 N–H and O–H groups in total. The molecular formula is C14H19FN2O. The Morgan fingerprint density at radius 3 is 2.61 bits per heavy atom. The summed E-state index contributed by atoms with van der Waals surface area (Å²) in [5.41, 5.74) is 6.73. The van der Waals surface area contributed by atoms with Gasteiger partial charge in [0.05, 0.1) is 5.54 Å². The lowest BCUT2D eigenvalue weighted by Crippen LogP contribution is -2.52. The van der Waals surface area contributed by atoms with E-state index in [0.29, 0.717) is 11.3 Å². The Morgan fingerprint density at radius 1 is 1.33 bits per heavy atom. The highest BCUT2D eigenvalue weighted by Crippen LogP contribution is 2.27. The third kappa shape index (κ3) is 2.70. The molecule has 0 unspecified atom stereocenters. The van der Waals surface area contributed by atoms with E-state index in [1.54, 1.807) is 13.0 Å². The van der Waals surface area contributed by atoms with Crippen molar-refractivity contribution in [2.75, 3.05) is 5.32 Å². The van der Waals surface area contributed by atoms with Crippen LogP contribution in [-0.4, -0.2) is 11.4 Å². The van der Waals surface area contributed by atoms with Crippen molar-refractivity contribution in [2.24, 2.45) is 5.73 Å². The first-order valence-corrected chi connectivity index (χ1v) is 6.38. The third-order valence-corrected chi connectivity index (χ3v) is 3.63. The Bertz CT molecular complexity index is 453.